The molecule has 0 aliphatic carbocycles. The molecule has 2 atom stereocenters. The Bertz CT molecular complexity index is 1490. The van der Waals surface area contributed by atoms with Gasteiger partial charge < -0.3 is 25.2 Å². The van der Waals surface area contributed by atoms with Gasteiger partial charge in [-0.05, 0) is 37.5 Å². The van der Waals surface area contributed by atoms with Crippen LogP contribution in [0.2, 0.25) is 0 Å². The normalized spacial score (nSPS) is 18.2. The van der Waals surface area contributed by atoms with E-state index in [9.17, 15) is 19.5 Å². The average Bonchev–Trinajstić information content (AvgIpc) is 3.55. The quantitative estimate of drug-likeness (QED) is 0.222. The summed E-state index contributed by atoms with van der Waals surface area (Å²) in [7, 11) is 0. The number of hydroxylamine groups is 1. The van der Waals surface area contributed by atoms with Crippen LogP contribution in [0.5, 0.6) is 5.75 Å². The van der Waals surface area contributed by atoms with Gasteiger partial charge in [-0.3, -0.25) is 9.59 Å². The van der Waals surface area contributed by atoms with Crippen LogP contribution < -0.4 is 11.2 Å². The lowest BCUT2D eigenvalue weighted by Gasteiger charge is -2.35. The monoisotopic (exact) mass is 600 g/mol. The molecule has 11 heteroatoms. The number of aromatic hydroxyl groups is 1. The van der Waals surface area contributed by atoms with E-state index in [0.29, 0.717) is 42.9 Å². The van der Waals surface area contributed by atoms with E-state index in [4.69, 9.17) is 20.0 Å². The number of carbonyl (C=O) groups excluding carboxylic acids is 3. The van der Waals surface area contributed by atoms with Gasteiger partial charge in [0.2, 0.25) is 12.1 Å². The highest BCUT2D eigenvalue weighted by atomic mass is 16.7. The molecule has 2 aliphatic rings. The largest absolute Gasteiger partial charge is 0.508 e. The summed E-state index contributed by atoms with van der Waals surface area (Å²) in [6.45, 7) is 2.70. The Morgan fingerprint density at radius 2 is 1.70 bits per heavy atom. The number of phenolic OH excluding ortho intramolecular Hbond substituents is 1. The highest BCUT2D eigenvalue weighted by Gasteiger charge is 2.40. The number of piperidine rings is 1. The van der Waals surface area contributed by atoms with Crippen LogP contribution in [-0.4, -0.2) is 65.9 Å². The lowest BCUT2D eigenvalue weighted by Crippen LogP contribution is -2.50. The summed E-state index contributed by atoms with van der Waals surface area (Å²) < 4.78 is 10.5. The lowest BCUT2D eigenvalue weighted by molar-refractivity contribution is -0.152. The molecule has 2 aliphatic heterocycles. The first-order valence-corrected chi connectivity index (χ1v) is 14.6. The fourth-order valence-corrected chi connectivity index (χ4v) is 5.30. The van der Waals surface area contributed by atoms with Crippen LogP contribution in [0.3, 0.4) is 0 Å². The number of amidine groups is 1. The molecule has 4 N–H and O–H groups in total. The van der Waals surface area contributed by atoms with Gasteiger partial charge in [0.15, 0.2) is 11.6 Å². The average molecular weight is 601 g/mol. The van der Waals surface area contributed by atoms with Crippen LogP contribution in [0.4, 0.5) is 0 Å². The molecule has 1 saturated heterocycles. The molecule has 11 nitrogen and oxygen atoms in total. The number of esters is 1. The fourth-order valence-electron chi connectivity index (χ4n) is 5.30. The van der Waals surface area contributed by atoms with Crippen molar-refractivity contribution in [3.63, 3.8) is 0 Å². The lowest BCUT2D eigenvalue weighted by atomic mass is 9.80. The van der Waals surface area contributed by atoms with Crippen molar-refractivity contribution < 1.29 is 33.8 Å². The molecular weight excluding hydrogens is 564 g/mol. The Morgan fingerprint density at radius 1 is 1.02 bits per heavy atom. The number of hydrogen-bond donors (Lipinski definition) is 3. The molecule has 0 spiro atoms. The van der Waals surface area contributed by atoms with Gasteiger partial charge in [0.05, 0.1) is 19.1 Å². The number of nitrogens with zero attached hydrogens (tertiary/aromatic N) is 2. The van der Waals surface area contributed by atoms with E-state index < -0.39 is 23.5 Å². The first-order valence-electron chi connectivity index (χ1n) is 14.6. The molecule has 2 heterocycles. The molecule has 0 radical (unpaired) electrons. The second-order valence-electron chi connectivity index (χ2n) is 10.8. The first kappa shape index (κ1) is 30.9. The number of Topliss-reactive ketones (excluding diaryl/α,β-unsaturated/α-hetero) is 1. The summed E-state index contributed by atoms with van der Waals surface area (Å²) in [5.41, 5.74) is 10.3. The van der Waals surface area contributed by atoms with Crippen LogP contribution in [0.25, 0.3) is 0 Å². The van der Waals surface area contributed by atoms with Crippen molar-refractivity contribution in [2.75, 3.05) is 26.3 Å². The third-order valence-corrected chi connectivity index (χ3v) is 7.77. The molecule has 2 unspecified atom stereocenters. The van der Waals surface area contributed by atoms with E-state index in [1.165, 1.54) is 12.1 Å². The number of ketones is 1. The maximum absolute atomic E-state index is 14.0. The fraction of sp³-hybridized carbons (Fsp3) is 0.333. The van der Waals surface area contributed by atoms with Gasteiger partial charge in [-0.25, -0.2) is 20.1 Å². The van der Waals surface area contributed by atoms with E-state index >= 15 is 0 Å². The van der Waals surface area contributed by atoms with Crippen LogP contribution >= 0.6 is 0 Å². The Labute approximate surface area is 255 Å². The Morgan fingerprint density at radius 3 is 2.36 bits per heavy atom. The van der Waals surface area contributed by atoms with Crippen molar-refractivity contribution in [2.45, 2.75) is 44.1 Å². The molecule has 3 aromatic rings. The molecular formula is C33H36N4O7. The van der Waals surface area contributed by atoms with Gasteiger partial charge >= 0.3 is 5.97 Å². The van der Waals surface area contributed by atoms with Gasteiger partial charge in [-0.1, -0.05) is 66.7 Å². The summed E-state index contributed by atoms with van der Waals surface area (Å²) in [4.78, 5) is 51.0. The van der Waals surface area contributed by atoms with Crippen LogP contribution in [-0.2, 0) is 29.4 Å². The second kappa shape index (κ2) is 13.8. The third-order valence-electron chi connectivity index (χ3n) is 7.77. The Hall–Kier alpha value is -4.58. The SMILES string of the molecule is CCOC(=O)COC1CCN(C(=O)CC(N)(C(=O)c2ccc(C3=NC(c4ccccc4)ON3)cc2)c2ccc(O)cc2)CC1. The number of rotatable bonds is 11. The molecule has 1 fully saturated rings. The summed E-state index contributed by atoms with van der Waals surface area (Å²) in [6, 6.07) is 22.4. The van der Waals surface area contributed by atoms with Crippen molar-refractivity contribution in [1.82, 2.24) is 10.4 Å². The minimum absolute atomic E-state index is 0.0185. The van der Waals surface area contributed by atoms with Gasteiger partial charge in [0.1, 0.15) is 17.9 Å². The molecule has 1 amide bonds. The highest BCUT2D eigenvalue weighted by Crippen LogP contribution is 2.31. The van der Waals surface area contributed by atoms with Crippen molar-refractivity contribution in [1.29, 1.82) is 0 Å². The van der Waals surface area contributed by atoms with Gasteiger partial charge in [-0.2, -0.15) is 0 Å². The molecule has 0 aromatic heterocycles. The number of nitrogens with two attached hydrogens (primary N) is 1. The van der Waals surface area contributed by atoms with Crippen molar-refractivity contribution in [3.8, 4) is 5.75 Å². The molecule has 44 heavy (non-hydrogen) atoms. The van der Waals surface area contributed by atoms with Gasteiger partial charge in [0, 0.05) is 29.8 Å². The molecule has 3 aromatic carbocycles. The predicted molar refractivity (Wildman–Crippen MR) is 161 cm³/mol. The molecule has 230 valence electrons. The number of phenols is 1. The molecule has 0 saturated carbocycles. The van der Waals surface area contributed by atoms with Gasteiger partial charge in [0.25, 0.3) is 0 Å². The number of likely N-dealkylation sites (tertiary alicyclic amines) is 1. The third kappa shape index (κ3) is 7.13. The number of carbonyl (C=O) groups is 3. The zero-order valence-electron chi connectivity index (χ0n) is 24.5. The summed E-state index contributed by atoms with van der Waals surface area (Å²) in [5, 5.41) is 9.85. The van der Waals surface area contributed by atoms with E-state index in [0.717, 1.165) is 11.1 Å². The predicted octanol–water partition coefficient (Wildman–Crippen LogP) is 3.37. The van der Waals surface area contributed by atoms with Crippen LogP contribution in [0.1, 0.15) is 59.5 Å². The van der Waals surface area contributed by atoms with E-state index in [-0.39, 0.29) is 37.4 Å². The first-order chi connectivity index (χ1) is 21.3. The van der Waals surface area contributed by atoms with Crippen molar-refractivity contribution in [2.24, 2.45) is 10.7 Å². The summed E-state index contributed by atoms with van der Waals surface area (Å²) in [6.07, 6.45) is 0.163. The smallest absolute Gasteiger partial charge is 0.332 e. The summed E-state index contributed by atoms with van der Waals surface area (Å²) in [5.74, 6) is -0.583. The maximum Gasteiger partial charge on any atom is 0.332 e. The number of amides is 1. The summed E-state index contributed by atoms with van der Waals surface area (Å²) >= 11 is 0. The second-order valence-corrected chi connectivity index (χ2v) is 10.8. The Kier molecular flexibility index (Phi) is 9.69. The minimum atomic E-state index is -1.69. The zero-order valence-corrected chi connectivity index (χ0v) is 24.5. The minimum Gasteiger partial charge on any atom is -0.508 e. The number of benzene rings is 3. The standard InChI is InChI=1S/C33H36N4O7/c1-2-42-29(40)21-43-27-16-18-37(19-17-27)28(39)20-33(34,25-12-14-26(38)15-13-25)30(41)22-8-10-23(11-9-22)31-35-32(44-36-31)24-6-4-3-5-7-24/h3-15,27,32,38H,2,16-21,34H2,1H3,(H,35,36). The highest BCUT2D eigenvalue weighted by molar-refractivity contribution is 6.07. The van der Waals surface area contributed by atoms with Crippen molar-refractivity contribution >= 4 is 23.5 Å². The number of hydrogen-bond acceptors (Lipinski definition) is 10. The maximum atomic E-state index is 14.0. The number of aliphatic imine (C=N–C) groups is 1. The van der Waals surface area contributed by atoms with Crippen LogP contribution in [0.15, 0.2) is 83.9 Å². The zero-order chi connectivity index (χ0) is 31.1. The van der Waals surface area contributed by atoms with E-state index in [1.807, 2.05) is 30.3 Å². The van der Waals surface area contributed by atoms with E-state index in [2.05, 4.69) is 10.5 Å². The topological polar surface area (TPSA) is 153 Å². The number of nitrogens with one attached hydrogen (secondary N) is 1. The van der Waals surface area contributed by atoms with Crippen molar-refractivity contribution in [3.05, 3.63) is 101 Å². The Balaban J connectivity index is 1.29. The molecule has 0 bridgehead atoms. The number of ether oxygens (including phenoxy) is 2. The van der Waals surface area contributed by atoms with E-state index in [1.54, 1.807) is 48.2 Å². The molecule has 5 rings (SSSR count). The van der Waals surface area contributed by atoms with Crippen LogP contribution in [0, 0.1) is 0 Å². The van der Waals surface area contributed by atoms with Gasteiger partial charge in [-0.15, -0.1) is 0 Å².